The first kappa shape index (κ1) is 36.8. The van der Waals surface area contributed by atoms with E-state index in [9.17, 15) is 0 Å². The molecule has 0 radical (unpaired) electrons. The molecule has 0 bridgehead atoms. The number of hydrogen-bond donors (Lipinski definition) is 0. The predicted octanol–water partition coefficient (Wildman–Crippen LogP) is 12.6. The Hall–Kier alpha value is -7.98. The Bertz CT molecular complexity index is 3500. The van der Waals surface area contributed by atoms with E-state index in [1.165, 1.54) is 86.6 Å². The van der Waals surface area contributed by atoms with Crippen molar-refractivity contribution in [2.45, 2.75) is 0 Å². The van der Waals surface area contributed by atoms with Gasteiger partial charge in [0, 0.05) is 27.2 Å². The molecule has 0 aliphatic rings. The first-order valence-corrected chi connectivity index (χ1v) is 23.8. The molecule has 0 spiro atoms. The third kappa shape index (κ3) is 5.85. The van der Waals surface area contributed by atoms with Crippen LogP contribution in [0, 0.1) is 0 Å². The quantitative estimate of drug-likeness (QED) is 0.107. The average Bonchev–Trinajstić information content (AvgIpc) is 3.89. The Morgan fingerprint density at radius 3 is 1.35 bits per heavy atom. The molecule has 0 aliphatic carbocycles. The van der Waals surface area contributed by atoms with Crippen molar-refractivity contribution in [2.75, 3.05) is 0 Å². The molecule has 2 heterocycles. The van der Waals surface area contributed by atoms with E-state index in [1.54, 1.807) is 0 Å². The molecule has 12 rings (SSSR count). The zero-order chi connectivity index (χ0) is 41.7. The van der Waals surface area contributed by atoms with E-state index in [1.807, 2.05) is 0 Å². The van der Waals surface area contributed by atoms with Crippen molar-refractivity contribution in [1.82, 2.24) is 9.13 Å². The number of aromatic nitrogens is 2. The van der Waals surface area contributed by atoms with Crippen LogP contribution in [-0.4, -0.2) is 17.2 Å². The lowest BCUT2D eigenvalue weighted by atomic mass is 10.0. The molecular formula is C60H42N2Si. The number of rotatable bonds is 8. The minimum Gasteiger partial charge on any atom is -0.307 e. The minimum atomic E-state index is -2.99. The summed E-state index contributed by atoms with van der Waals surface area (Å²) in [6.07, 6.45) is 0. The summed E-state index contributed by atoms with van der Waals surface area (Å²) in [7, 11) is -2.99. The summed E-state index contributed by atoms with van der Waals surface area (Å²) in [5, 5.41) is 10.3. The Morgan fingerprint density at radius 1 is 0.270 bits per heavy atom. The third-order valence-electron chi connectivity index (χ3n) is 13.0. The van der Waals surface area contributed by atoms with E-state index in [4.69, 9.17) is 0 Å². The maximum atomic E-state index is 2.60. The summed E-state index contributed by atoms with van der Waals surface area (Å²) in [6, 6.07) is 94.4. The van der Waals surface area contributed by atoms with Crippen LogP contribution in [0.4, 0.5) is 0 Å². The minimum absolute atomic E-state index is 1.12. The Morgan fingerprint density at radius 2 is 0.730 bits per heavy atom. The van der Waals surface area contributed by atoms with E-state index in [-0.39, 0.29) is 0 Å². The number of benzene rings is 10. The molecule has 0 amide bonds. The molecule has 296 valence electrons. The maximum Gasteiger partial charge on any atom is 0.181 e. The molecule has 12 aromatic rings. The van der Waals surface area contributed by atoms with Gasteiger partial charge in [-0.2, -0.15) is 0 Å². The average molecular weight is 819 g/mol. The summed E-state index contributed by atoms with van der Waals surface area (Å²) in [6.45, 7) is 0. The zero-order valence-corrected chi connectivity index (χ0v) is 35.6. The lowest BCUT2D eigenvalue weighted by Crippen LogP contribution is -2.75. The molecule has 0 aliphatic heterocycles. The molecule has 0 N–H and O–H groups in total. The second kappa shape index (κ2) is 15.2. The van der Waals surface area contributed by atoms with Gasteiger partial charge < -0.3 is 9.13 Å². The molecule has 63 heavy (non-hydrogen) atoms. The smallest absolute Gasteiger partial charge is 0.181 e. The Kier molecular flexibility index (Phi) is 8.87. The van der Waals surface area contributed by atoms with Gasteiger partial charge in [0.15, 0.2) is 8.07 Å². The van der Waals surface area contributed by atoms with Gasteiger partial charge in [-0.15, -0.1) is 0 Å². The van der Waals surface area contributed by atoms with Gasteiger partial charge in [-0.3, -0.25) is 0 Å². The predicted molar refractivity (Wildman–Crippen MR) is 270 cm³/mol. The van der Waals surface area contributed by atoms with E-state index >= 15 is 0 Å². The topological polar surface area (TPSA) is 9.86 Å². The van der Waals surface area contributed by atoms with Crippen molar-refractivity contribution in [2.24, 2.45) is 0 Å². The summed E-state index contributed by atoms with van der Waals surface area (Å²) in [4.78, 5) is 0. The van der Waals surface area contributed by atoms with Crippen molar-refractivity contribution >= 4 is 72.4 Å². The second-order valence-corrected chi connectivity index (χ2v) is 20.2. The molecule has 2 nitrogen and oxygen atoms in total. The lowest BCUT2D eigenvalue weighted by molar-refractivity contribution is 1.13. The highest BCUT2D eigenvalue weighted by atomic mass is 28.3. The fraction of sp³-hybridized carbons (Fsp3) is 0. The first-order valence-electron chi connectivity index (χ1n) is 21.8. The van der Waals surface area contributed by atoms with Crippen LogP contribution in [0.3, 0.4) is 0 Å². The molecule has 10 aromatic carbocycles. The summed E-state index contributed by atoms with van der Waals surface area (Å²) in [5.74, 6) is 0. The van der Waals surface area contributed by atoms with Crippen LogP contribution in [-0.2, 0) is 0 Å². The molecule has 0 atom stereocenters. The lowest BCUT2D eigenvalue weighted by Gasteiger charge is -2.35. The fourth-order valence-electron chi connectivity index (χ4n) is 10.4. The van der Waals surface area contributed by atoms with Crippen molar-refractivity contribution < 1.29 is 0 Å². The zero-order valence-electron chi connectivity index (χ0n) is 34.6. The number of nitrogens with zero attached hydrogens (tertiary/aromatic N) is 2. The van der Waals surface area contributed by atoms with Crippen LogP contribution >= 0.6 is 0 Å². The summed E-state index contributed by atoms with van der Waals surface area (Å²) >= 11 is 0. The van der Waals surface area contributed by atoms with Crippen LogP contribution in [0.25, 0.3) is 77.2 Å². The van der Waals surface area contributed by atoms with Crippen molar-refractivity contribution in [1.29, 1.82) is 0 Å². The van der Waals surface area contributed by atoms with Crippen LogP contribution in [0.2, 0.25) is 0 Å². The standard InChI is InChI=1S/C60H42N2Si/c1-6-21-43(22-7-1)45-25-18-26-47(41-45)61-57-42-46(44-23-8-2-9-24-44)39-40-52(57)53-34-19-37-56(59(53)61)62-55-36-17-16-33-51(55)54-35-20-38-58(60(54)62)63(48-27-10-3-11-28-48,49-29-12-4-13-30-49)50-31-14-5-15-32-50/h1-42H. The van der Waals surface area contributed by atoms with Gasteiger partial charge >= 0.3 is 0 Å². The molecular weight excluding hydrogens is 777 g/mol. The maximum absolute atomic E-state index is 2.99. The number of hydrogen-bond acceptors (Lipinski definition) is 0. The van der Waals surface area contributed by atoms with Crippen LogP contribution in [0.5, 0.6) is 0 Å². The monoisotopic (exact) mass is 818 g/mol. The first-order chi connectivity index (χ1) is 31.3. The molecule has 3 heteroatoms. The Balaban J connectivity index is 1.25. The van der Waals surface area contributed by atoms with Gasteiger partial charge in [-0.05, 0) is 73.3 Å². The fourth-order valence-corrected chi connectivity index (χ4v) is 15.3. The summed E-state index contributed by atoms with van der Waals surface area (Å²) < 4.78 is 5.13. The van der Waals surface area contributed by atoms with Gasteiger partial charge in [0.2, 0.25) is 0 Å². The molecule has 0 saturated heterocycles. The highest BCUT2D eigenvalue weighted by Gasteiger charge is 2.43. The SMILES string of the molecule is c1ccc(-c2cccc(-n3c4cc(-c5ccccc5)ccc4c4cccc(-n5c6ccccc6c6cccc([Si](c7ccccc7)(c7ccccc7)c7ccccc7)c65)c43)c2)cc1. The Labute approximate surface area is 368 Å². The van der Waals surface area contributed by atoms with Gasteiger partial charge in [-0.25, -0.2) is 0 Å². The van der Waals surface area contributed by atoms with Gasteiger partial charge in [0.1, 0.15) is 0 Å². The largest absolute Gasteiger partial charge is 0.307 e. The second-order valence-electron chi connectivity index (χ2n) is 16.4. The highest BCUT2D eigenvalue weighted by Crippen LogP contribution is 2.41. The van der Waals surface area contributed by atoms with Crippen LogP contribution < -0.4 is 20.7 Å². The van der Waals surface area contributed by atoms with Crippen molar-refractivity contribution in [3.63, 3.8) is 0 Å². The van der Waals surface area contributed by atoms with Crippen molar-refractivity contribution in [3.8, 4) is 33.6 Å². The van der Waals surface area contributed by atoms with E-state index in [0.717, 1.165) is 11.4 Å². The van der Waals surface area contributed by atoms with E-state index < -0.39 is 8.07 Å². The van der Waals surface area contributed by atoms with Gasteiger partial charge in [0.05, 0.1) is 27.8 Å². The molecule has 2 aromatic heterocycles. The number of fused-ring (bicyclic) bond motifs is 6. The molecule has 0 unspecified atom stereocenters. The van der Waals surface area contributed by atoms with Gasteiger partial charge in [-0.1, -0.05) is 224 Å². The normalized spacial score (nSPS) is 11.8. The van der Waals surface area contributed by atoms with E-state index in [2.05, 4.69) is 264 Å². The molecule has 0 saturated carbocycles. The third-order valence-corrected chi connectivity index (χ3v) is 17.9. The van der Waals surface area contributed by atoms with Crippen molar-refractivity contribution in [3.05, 3.63) is 255 Å². The van der Waals surface area contributed by atoms with Crippen LogP contribution in [0.15, 0.2) is 255 Å². The van der Waals surface area contributed by atoms with Gasteiger partial charge in [0.25, 0.3) is 0 Å². The molecule has 0 fully saturated rings. The van der Waals surface area contributed by atoms with Crippen LogP contribution in [0.1, 0.15) is 0 Å². The highest BCUT2D eigenvalue weighted by molar-refractivity contribution is 7.20. The summed E-state index contributed by atoms with van der Waals surface area (Å²) in [5.41, 5.74) is 11.8. The van der Waals surface area contributed by atoms with E-state index in [0.29, 0.717) is 0 Å². The number of para-hydroxylation sites is 3.